The van der Waals surface area contributed by atoms with Gasteiger partial charge in [0.25, 0.3) is 0 Å². The van der Waals surface area contributed by atoms with Crippen molar-refractivity contribution in [3.05, 3.63) is 80.9 Å². The lowest BCUT2D eigenvalue weighted by atomic mass is 9.71. The first-order valence-corrected chi connectivity index (χ1v) is 12.3. The molecule has 0 N–H and O–H groups in total. The number of carbonyl (C=O) groups is 2. The fraction of sp³-hybridized carbons (Fsp3) is 0.357. The Morgan fingerprint density at radius 2 is 1.66 bits per heavy atom. The summed E-state index contributed by atoms with van der Waals surface area (Å²) in [6.07, 6.45) is 4.17. The van der Waals surface area contributed by atoms with Gasteiger partial charge < -0.3 is 14.4 Å². The Bertz CT molecular complexity index is 1240. The number of hydrogen-bond acceptors (Lipinski definition) is 5. The van der Waals surface area contributed by atoms with Gasteiger partial charge in [-0.25, -0.2) is 4.39 Å². The standard InChI is InChI=1S/C28H27ClFNO4/c1-31-20-8-4-10-22(32)26(20)25(27-21(31)9-5-11-23(27)33)17-13-19(29)28(24(14-17)34-2)35-15-16-6-3-7-18(30)12-16/h3,6-7,12-14,25H,4-5,8-11,15H2,1-2H3. The summed E-state index contributed by atoms with van der Waals surface area (Å²) in [5.74, 6) is 0.0795. The Balaban J connectivity index is 1.58. The number of allylic oxidation sites excluding steroid dienone is 4. The van der Waals surface area contributed by atoms with Gasteiger partial charge in [0.1, 0.15) is 12.4 Å². The van der Waals surface area contributed by atoms with Crippen LogP contribution >= 0.6 is 11.6 Å². The number of nitrogens with zero attached hydrogens (tertiary/aromatic N) is 1. The van der Waals surface area contributed by atoms with Crippen molar-refractivity contribution in [3.63, 3.8) is 0 Å². The molecular formula is C28H27ClFNO4. The SMILES string of the molecule is COc1cc(C2C3=C(CCCC3=O)N(C)C3=C2C(=O)CCC3)cc(Cl)c1OCc1cccc(F)c1. The summed E-state index contributed by atoms with van der Waals surface area (Å²) in [6.45, 7) is 0.114. The topological polar surface area (TPSA) is 55.8 Å². The maximum atomic E-state index is 13.6. The highest BCUT2D eigenvalue weighted by atomic mass is 35.5. The number of halogens is 2. The van der Waals surface area contributed by atoms with E-state index in [1.807, 2.05) is 13.1 Å². The minimum absolute atomic E-state index is 0.0783. The predicted octanol–water partition coefficient (Wildman–Crippen LogP) is 6.11. The lowest BCUT2D eigenvalue weighted by Gasteiger charge is -2.42. The average molecular weight is 496 g/mol. The lowest BCUT2D eigenvalue weighted by molar-refractivity contribution is -0.117. The zero-order valence-electron chi connectivity index (χ0n) is 19.8. The number of hydrogen-bond donors (Lipinski definition) is 0. The minimum Gasteiger partial charge on any atom is -0.493 e. The number of rotatable bonds is 5. The van der Waals surface area contributed by atoms with Crippen molar-refractivity contribution < 1.29 is 23.5 Å². The molecule has 2 aromatic carbocycles. The van der Waals surface area contributed by atoms with Crippen LogP contribution < -0.4 is 9.47 Å². The smallest absolute Gasteiger partial charge is 0.180 e. The fourth-order valence-electron chi connectivity index (χ4n) is 5.51. The molecular weight excluding hydrogens is 469 g/mol. The van der Waals surface area contributed by atoms with Crippen LogP contribution in [0.3, 0.4) is 0 Å². The maximum Gasteiger partial charge on any atom is 0.180 e. The van der Waals surface area contributed by atoms with Crippen LogP contribution in [0.1, 0.15) is 55.6 Å². The molecule has 5 nitrogen and oxygen atoms in total. The van der Waals surface area contributed by atoms with Gasteiger partial charge in [0.15, 0.2) is 23.1 Å². The largest absolute Gasteiger partial charge is 0.493 e. The number of methoxy groups -OCH3 is 1. The van der Waals surface area contributed by atoms with Crippen LogP contribution in [0.5, 0.6) is 11.5 Å². The van der Waals surface area contributed by atoms with Crippen LogP contribution in [0.2, 0.25) is 5.02 Å². The summed E-state index contributed by atoms with van der Waals surface area (Å²) >= 11 is 6.69. The minimum atomic E-state index is -0.472. The first kappa shape index (κ1) is 23.6. The van der Waals surface area contributed by atoms with Crippen LogP contribution in [0.4, 0.5) is 4.39 Å². The van der Waals surface area contributed by atoms with Gasteiger partial charge in [-0.2, -0.15) is 0 Å². The monoisotopic (exact) mass is 495 g/mol. The second-order valence-electron chi connectivity index (χ2n) is 9.22. The summed E-state index contributed by atoms with van der Waals surface area (Å²) in [4.78, 5) is 28.5. The average Bonchev–Trinajstić information content (AvgIpc) is 2.84. The molecule has 5 rings (SSSR count). The van der Waals surface area contributed by atoms with E-state index >= 15 is 0 Å². The molecule has 0 aromatic heterocycles. The van der Waals surface area contributed by atoms with E-state index in [-0.39, 0.29) is 24.0 Å². The second-order valence-corrected chi connectivity index (χ2v) is 9.63. The summed E-state index contributed by atoms with van der Waals surface area (Å²) in [6, 6.07) is 9.73. The Labute approximate surface area is 209 Å². The van der Waals surface area contributed by atoms with Crippen molar-refractivity contribution in [1.82, 2.24) is 4.90 Å². The van der Waals surface area contributed by atoms with E-state index in [1.165, 1.54) is 19.2 Å². The third-order valence-corrected chi connectivity index (χ3v) is 7.38. The van der Waals surface area contributed by atoms with Crippen molar-refractivity contribution in [1.29, 1.82) is 0 Å². The zero-order valence-corrected chi connectivity index (χ0v) is 20.6. The molecule has 0 fully saturated rings. The molecule has 0 unspecified atom stereocenters. The summed E-state index contributed by atoms with van der Waals surface area (Å²) in [5.41, 5.74) is 4.79. The summed E-state index contributed by atoms with van der Waals surface area (Å²) < 4.78 is 25.1. The van der Waals surface area contributed by atoms with Gasteiger partial charge in [0.05, 0.1) is 12.1 Å². The van der Waals surface area contributed by atoms with Crippen LogP contribution in [-0.2, 0) is 16.2 Å². The first-order chi connectivity index (χ1) is 16.9. The first-order valence-electron chi connectivity index (χ1n) is 11.9. The normalized spacial score (nSPS) is 18.6. The van der Waals surface area contributed by atoms with Crippen molar-refractivity contribution in [3.8, 4) is 11.5 Å². The summed E-state index contributed by atoms with van der Waals surface area (Å²) in [7, 11) is 3.49. The molecule has 0 saturated carbocycles. The van der Waals surface area contributed by atoms with E-state index in [0.717, 1.165) is 42.6 Å². The van der Waals surface area contributed by atoms with E-state index < -0.39 is 5.92 Å². The Kier molecular flexibility index (Phi) is 6.41. The van der Waals surface area contributed by atoms with Crippen LogP contribution in [0.15, 0.2) is 58.9 Å². The number of ketones is 2. The van der Waals surface area contributed by atoms with E-state index in [4.69, 9.17) is 21.1 Å². The zero-order chi connectivity index (χ0) is 24.7. The van der Waals surface area contributed by atoms with Crippen molar-refractivity contribution in [2.45, 2.75) is 51.0 Å². The molecule has 0 atom stereocenters. The third-order valence-electron chi connectivity index (χ3n) is 7.10. The molecule has 3 aliphatic rings. The molecule has 2 aliphatic carbocycles. The molecule has 0 spiro atoms. The number of benzene rings is 2. The summed E-state index contributed by atoms with van der Waals surface area (Å²) in [5, 5.41) is 0.311. The van der Waals surface area contributed by atoms with E-state index in [1.54, 1.807) is 18.2 Å². The number of Topliss-reactive ketones (excluding diaryl/α,β-unsaturated/α-hetero) is 2. The van der Waals surface area contributed by atoms with E-state index in [9.17, 15) is 14.0 Å². The van der Waals surface area contributed by atoms with Gasteiger partial charge in [-0.1, -0.05) is 23.7 Å². The van der Waals surface area contributed by atoms with Gasteiger partial charge in [0.2, 0.25) is 0 Å². The molecule has 2 aromatic rings. The molecule has 7 heteroatoms. The van der Waals surface area contributed by atoms with Crippen LogP contribution in [0.25, 0.3) is 0 Å². The van der Waals surface area contributed by atoms with E-state index in [0.29, 0.717) is 46.1 Å². The quantitative estimate of drug-likeness (QED) is 0.501. The van der Waals surface area contributed by atoms with E-state index in [2.05, 4.69) is 4.90 Å². The van der Waals surface area contributed by atoms with Gasteiger partial charge in [-0.3, -0.25) is 9.59 Å². The molecule has 35 heavy (non-hydrogen) atoms. The van der Waals surface area contributed by atoms with Crippen molar-refractivity contribution in [2.24, 2.45) is 0 Å². The van der Waals surface area contributed by atoms with Crippen molar-refractivity contribution in [2.75, 3.05) is 14.2 Å². The molecule has 0 bridgehead atoms. The molecule has 182 valence electrons. The second kappa shape index (κ2) is 9.50. The number of carbonyl (C=O) groups excluding carboxylic acids is 2. The van der Waals surface area contributed by atoms with Crippen LogP contribution in [0, 0.1) is 5.82 Å². The van der Waals surface area contributed by atoms with Gasteiger partial charge in [-0.15, -0.1) is 0 Å². The molecule has 1 aliphatic heterocycles. The Morgan fingerprint density at radius 1 is 1.00 bits per heavy atom. The van der Waals surface area contributed by atoms with Gasteiger partial charge >= 0.3 is 0 Å². The fourth-order valence-corrected chi connectivity index (χ4v) is 5.79. The van der Waals surface area contributed by atoms with Gasteiger partial charge in [-0.05, 0) is 61.1 Å². The molecule has 1 heterocycles. The lowest BCUT2D eigenvalue weighted by Crippen LogP contribution is -2.37. The van der Waals surface area contributed by atoms with Crippen LogP contribution in [-0.4, -0.2) is 30.6 Å². The third kappa shape index (κ3) is 4.25. The predicted molar refractivity (Wildman–Crippen MR) is 131 cm³/mol. The Hall–Kier alpha value is -3.12. The molecule has 0 amide bonds. The highest BCUT2D eigenvalue weighted by Gasteiger charge is 2.42. The Morgan fingerprint density at radius 3 is 2.26 bits per heavy atom. The van der Waals surface area contributed by atoms with Gasteiger partial charge in [0, 0.05) is 48.3 Å². The molecule has 0 saturated heterocycles. The maximum absolute atomic E-state index is 13.6. The highest BCUT2D eigenvalue weighted by Crippen LogP contribution is 2.50. The highest BCUT2D eigenvalue weighted by molar-refractivity contribution is 6.32. The molecule has 0 radical (unpaired) electrons. The number of ether oxygens (including phenoxy) is 2. The van der Waals surface area contributed by atoms with Crippen molar-refractivity contribution >= 4 is 23.2 Å².